The fraction of sp³-hybridized carbons (Fsp3) is 0.865. The van der Waals surface area contributed by atoms with Gasteiger partial charge in [0, 0.05) is 13.0 Å². The smallest absolute Gasteiger partial charge is 0.397 e. The third kappa shape index (κ3) is 37.0. The molecule has 1 aliphatic rings. The summed E-state index contributed by atoms with van der Waals surface area (Å²) in [5.74, 6) is -0.402. The maximum atomic E-state index is 12.9. The van der Waals surface area contributed by atoms with Crippen LogP contribution >= 0.6 is 0 Å². The molecular weight excluding hydrogens is 849 g/mol. The van der Waals surface area contributed by atoms with E-state index in [1.807, 2.05) is 0 Å². The zero-order valence-corrected chi connectivity index (χ0v) is 41.9. The molecule has 0 bridgehead atoms. The van der Waals surface area contributed by atoms with E-state index in [2.05, 4.69) is 54.5 Å². The molecule has 0 spiro atoms. The summed E-state index contributed by atoms with van der Waals surface area (Å²) in [5.41, 5.74) is 0. The van der Waals surface area contributed by atoms with Crippen LogP contribution in [0.15, 0.2) is 36.5 Å². The van der Waals surface area contributed by atoms with Crippen molar-refractivity contribution in [2.24, 2.45) is 0 Å². The molecule has 0 aromatic carbocycles. The van der Waals surface area contributed by atoms with Crippen LogP contribution in [0.4, 0.5) is 0 Å². The van der Waals surface area contributed by atoms with Crippen LogP contribution in [0.1, 0.15) is 226 Å². The van der Waals surface area contributed by atoms with Crippen LogP contribution in [0.5, 0.6) is 0 Å². The number of allylic oxidation sites excluding steroid dienone is 6. The summed E-state index contributed by atoms with van der Waals surface area (Å²) in [6, 6.07) is 0. The van der Waals surface area contributed by atoms with Gasteiger partial charge < -0.3 is 34.3 Å². The maximum absolute atomic E-state index is 12.9. The summed E-state index contributed by atoms with van der Waals surface area (Å²) in [6.45, 7) is 3.98. The lowest BCUT2D eigenvalue weighted by atomic mass is 9.99. The van der Waals surface area contributed by atoms with Gasteiger partial charge in [-0.25, -0.2) is 4.18 Å². The molecule has 65 heavy (non-hydrogen) atoms. The molecule has 0 radical (unpaired) electrons. The Balaban J connectivity index is 2.33. The molecule has 4 N–H and O–H groups in total. The maximum Gasteiger partial charge on any atom is 0.397 e. The second-order valence-corrected chi connectivity index (χ2v) is 19.2. The SMILES string of the molecule is CCCCCCC/C=C\C/C=C\CCCCCCCCCCCCCC(=O)OC(COCCCCCCCC/C=C\CCCCCCC)COC1OC(CO)C(O)C(OS(=O)(=O)O)C1O. The highest BCUT2D eigenvalue weighted by Gasteiger charge is 2.48. The van der Waals surface area contributed by atoms with Crippen molar-refractivity contribution in [3.63, 3.8) is 0 Å². The molecule has 0 amide bonds. The fourth-order valence-electron chi connectivity index (χ4n) is 7.99. The van der Waals surface area contributed by atoms with Gasteiger partial charge in [0.15, 0.2) is 6.29 Å². The number of carbonyl (C=O) groups is 1. The molecule has 0 aromatic heterocycles. The molecule has 0 aliphatic carbocycles. The highest BCUT2D eigenvalue weighted by molar-refractivity contribution is 7.80. The highest BCUT2D eigenvalue weighted by Crippen LogP contribution is 2.26. The Kier molecular flexibility index (Phi) is 41.1. The first-order valence-electron chi connectivity index (χ1n) is 26.2. The topological polar surface area (TPSA) is 178 Å². The lowest BCUT2D eigenvalue weighted by molar-refractivity contribution is -0.301. The summed E-state index contributed by atoms with van der Waals surface area (Å²) < 4.78 is 59.2. The summed E-state index contributed by atoms with van der Waals surface area (Å²) in [5, 5.41) is 30.7. The van der Waals surface area contributed by atoms with E-state index in [1.54, 1.807) is 0 Å². The first-order chi connectivity index (χ1) is 31.6. The monoisotopic (exact) mass is 945 g/mol. The minimum Gasteiger partial charge on any atom is -0.457 e. The van der Waals surface area contributed by atoms with E-state index in [4.69, 9.17) is 18.9 Å². The number of unbranched alkanes of at least 4 members (excludes halogenated alkanes) is 27. The van der Waals surface area contributed by atoms with Crippen LogP contribution in [0, 0.1) is 0 Å². The fourth-order valence-corrected chi connectivity index (χ4v) is 8.50. The Morgan fingerprint density at radius 2 is 1.02 bits per heavy atom. The highest BCUT2D eigenvalue weighted by atomic mass is 32.3. The molecule has 1 heterocycles. The predicted octanol–water partition coefficient (Wildman–Crippen LogP) is 12.1. The van der Waals surface area contributed by atoms with Crippen molar-refractivity contribution in [3.05, 3.63) is 36.5 Å². The van der Waals surface area contributed by atoms with Crippen molar-refractivity contribution >= 4 is 16.4 Å². The number of esters is 1. The zero-order chi connectivity index (χ0) is 47.5. The van der Waals surface area contributed by atoms with E-state index in [-0.39, 0.29) is 19.6 Å². The van der Waals surface area contributed by atoms with Crippen molar-refractivity contribution in [3.8, 4) is 0 Å². The number of aliphatic hydroxyl groups is 3. The Hall–Kier alpha value is -1.68. The Bertz CT molecular complexity index is 1270. The van der Waals surface area contributed by atoms with Crippen molar-refractivity contribution in [1.82, 2.24) is 0 Å². The van der Waals surface area contributed by atoms with Crippen LogP contribution in [-0.2, 0) is 38.3 Å². The number of hydrogen-bond acceptors (Lipinski definition) is 11. The molecule has 13 heteroatoms. The van der Waals surface area contributed by atoms with Gasteiger partial charge >= 0.3 is 16.4 Å². The molecule has 1 saturated heterocycles. The van der Waals surface area contributed by atoms with E-state index in [9.17, 15) is 33.1 Å². The van der Waals surface area contributed by atoms with E-state index < -0.39 is 59.8 Å². The number of carbonyl (C=O) groups excluding carboxylic acids is 1. The van der Waals surface area contributed by atoms with Crippen molar-refractivity contribution in [2.45, 2.75) is 263 Å². The Labute approximate surface area is 396 Å². The normalized spacial score (nSPS) is 19.9. The average Bonchev–Trinajstić information content (AvgIpc) is 3.28. The predicted molar refractivity (Wildman–Crippen MR) is 262 cm³/mol. The molecular formula is C52H96O12S. The van der Waals surface area contributed by atoms with Gasteiger partial charge in [-0.3, -0.25) is 9.35 Å². The van der Waals surface area contributed by atoms with Crippen LogP contribution in [0.25, 0.3) is 0 Å². The minimum atomic E-state index is -5.06. The number of rotatable bonds is 46. The number of ether oxygens (including phenoxy) is 4. The van der Waals surface area contributed by atoms with Gasteiger partial charge in [0.1, 0.15) is 30.5 Å². The second-order valence-electron chi connectivity index (χ2n) is 18.1. The number of hydrogen-bond donors (Lipinski definition) is 4. The van der Waals surface area contributed by atoms with Crippen molar-refractivity contribution < 1.29 is 56.2 Å². The van der Waals surface area contributed by atoms with Crippen LogP contribution in [0.2, 0.25) is 0 Å². The second kappa shape index (κ2) is 43.6. The molecule has 382 valence electrons. The average molecular weight is 945 g/mol. The lowest BCUT2D eigenvalue weighted by Gasteiger charge is -2.41. The first-order valence-corrected chi connectivity index (χ1v) is 27.6. The summed E-state index contributed by atoms with van der Waals surface area (Å²) in [6.07, 6.45) is 43.2. The Morgan fingerprint density at radius 3 is 1.48 bits per heavy atom. The largest absolute Gasteiger partial charge is 0.457 e. The standard InChI is InChI=1S/C52H96O12S/c1-3-5-7-9-11-13-15-17-19-20-21-22-23-24-25-26-27-29-31-33-35-37-39-41-48(54)62-46(45-61-52-50(56)51(64-65(57,58)59)49(55)47(43-53)63-52)44-60-42-40-38-36-34-32-30-28-18-16-14-12-10-8-6-4-2/h15-18,20-21,46-47,49-53,55-56H,3-14,19,22-45H2,1-2H3,(H,57,58,59)/b17-15-,18-16-,21-20-. The summed E-state index contributed by atoms with van der Waals surface area (Å²) >= 11 is 0. The number of aliphatic hydroxyl groups excluding tert-OH is 3. The molecule has 1 fully saturated rings. The first kappa shape index (κ1) is 61.3. The zero-order valence-electron chi connectivity index (χ0n) is 41.1. The molecule has 0 saturated carbocycles. The summed E-state index contributed by atoms with van der Waals surface area (Å²) in [7, 11) is -5.06. The van der Waals surface area contributed by atoms with E-state index in [1.165, 1.54) is 148 Å². The quantitative estimate of drug-likeness (QED) is 0.0197. The van der Waals surface area contributed by atoms with Gasteiger partial charge in [-0.05, 0) is 70.6 Å². The molecule has 6 unspecified atom stereocenters. The molecule has 1 rings (SSSR count). The van der Waals surface area contributed by atoms with E-state index in [0.717, 1.165) is 51.4 Å². The van der Waals surface area contributed by atoms with Gasteiger partial charge in [0.05, 0.1) is 19.8 Å². The van der Waals surface area contributed by atoms with E-state index >= 15 is 0 Å². The summed E-state index contributed by atoms with van der Waals surface area (Å²) in [4.78, 5) is 12.9. The van der Waals surface area contributed by atoms with Gasteiger partial charge in [-0.1, -0.05) is 185 Å². The van der Waals surface area contributed by atoms with E-state index in [0.29, 0.717) is 13.0 Å². The minimum absolute atomic E-state index is 0.0325. The Morgan fingerprint density at radius 1 is 0.585 bits per heavy atom. The van der Waals surface area contributed by atoms with Gasteiger partial charge in [0.25, 0.3) is 0 Å². The molecule has 1 aliphatic heterocycles. The third-order valence-corrected chi connectivity index (χ3v) is 12.5. The van der Waals surface area contributed by atoms with Crippen LogP contribution in [-0.4, -0.2) is 97.5 Å². The van der Waals surface area contributed by atoms with Crippen LogP contribution < -0.4 is 0 Å². The molecule has 0 aromatic rings. The third-order valence-electron chi connectivity index (χ3n) is 12.0. The molecule has 12 nitrogen and oxygen atoms in total. The van der Waals surface area contributed by atoms with Gasteiger partial charge in [-0.2, -0.15) is 8.42 Å². The van der Waals surface area contributed by atoms with Crippen molar-refractivity contribution in [2.75, 3.05) is 26.4 Å². The van der Waals surface area contributed by atoms with Crippen LogP contribution in [0.3, 0.4) is 0 Å². The van der Waals surface area contributed by atoms with Gasteiger partial charge in [-0.15, -0.1) is 0 Å². The van der Waals surface area contributed by atoms with Crippen molar-refractivity contribution in [1.29, 1.82) is 0 Å². The molecule has 6 atom stereocenters. The lowest BCUT2D eigenvalue weighted by Crippen LogP contribution is -2.60. The van der Waals surface area contributed by atoms with Gasteiger partial charge in [0.2, 0.25) is 0 Å².